The van der Waals surface area contributed by atoms with Crippen molar-refractivity contribution < 1.29 is 0 Å². The number of hydrogen-bond donors (Lipinski definition) is 1. The van der Waals surface area contributed by atoms with E-state index in [2.05, 4.69) is 41.3 Å². The van der Waals surface area contributed by atoms with Crippen molar-refractivity contribution >= 4 is 11.6 Å². The number of aromatic nitrogens is 3. The summed E-state index contributed by atoms with van der Waals surface area (Å²) in [6.07, 6.45) is 0. The third-order valence-electron chi connectivity index (χ3n) is 2.72. The van der Waals surface area contributed by atoms with Crippen molar-refractivity contribution in [3.05, 3.63) is 48.0 Å². The molecule has 98 valence electrons. The van der Waals surface area contributed by atoms with Crippen LogP contribution in [0.2, 0.25) is 0 Å². The van der Waals surface area contributed by atoms with Gasteiger partial charge in [0.1, 0.15) is 0 Å². The molecule has 4 nitrogen and oxygen atoms in total. The first kappa shape index (κ1) is 13.1. The molecular formula is C15H18N4. The average Bonchev–Trinajstić information content (AvgIpc) is 2.82. The van der Waals surface area contributed by atoms with Gasteiger partial charge < -0.3 is 5.73 Å². The molecule has 0 unspecified atom stereocenters. The van der Waals surface area contributed by atoms with Crippen molar-refractivity contribution in [1.29, 1.82) is 0 Å². The standard InChI is InChI=1S/C13H12N4.C2H6/c1-9-5-7-10(8-6-9)11-3-2-4-12-15-13(14)16-17(11)12;1-2/h2-8H,1H3,(H2,14,16);1-2H3. The van der Waals surface area contributed by atoms with Crippen molar-refractivity contribution in [2.75, 3.05) is 5.73 Å². The molecule has 3 aromatic rings. The highest BCUT2D eigenvalue weighted by molar-refractivity contribution is 5.63. The van der Waals surface area contributed by atoms with E-state index < -0.39 is 0 Å². The Hall–Kier alpha value is -2.36. The number of benzene rings is 1. The van der Waals surface area contributed by atoms with Crippen LogP contribution >= 0.6 is 0 Å². The molecule has 0 saturated carbocycles. The minimum Gasteiger partial charge on any atom is -0.366 e. The van der Waals surface area contributed by atoms with Crippen LogP contribution in [0.15, 0.2) is 42.5 Å². The number of nitrogens with zero attached hydrogens (tertiary/aromatic N) is 3. The van der Waals surface area contributed by atoms with E-state index in [9.17, 15) is 0 Å². The first-order valence-electron chi connectivity index (χ1n) is 6.42. The van der Waals surface area contributed by atoms with Crippen molar-refractivity contribution in [2.45, 2.75) is 20.8 Å². The SMILES string of the molecule is CC.Cc1ccc(-c2cccc3nc(N)nn23)cc1. The lowest BCUT2D eigenvalue weighted by Crippen LogP contribution is -1.94. The van der Waals surface area contributed by atoms with Gasteiger partial charge in [0.05, 0.1) is 5.69 Å². The van der Waals surface area contributed by atoms with Crippen LogP contribution < -0.4 is 5.73 Å². The number of rotatable bonds is 1. The van der Waals surface area contributed by atoms with E-state index >= 15 is 0 Å². The summed E-state index contributed by atoms with van der Waals surface area (Å²) in [6.45, 7) is 6.07. The van der Waals surface area contributed by atoms with Crippen LogP contribution in [0.1, 0.15) is 19.4 Å². The van der Waals surface area contributed by atoms with E-state index in [1.54, 1.807) is 4.52 Å². The molecule has 2 N–H and O–H groups in total. The zero-order chi connectivity index (χ0) is 13.8. The van der Waals surface area contributed by atoms with Gasteiger partial charge in [-0.25, -0.2) is 4.52 Å². The minimum absolute atomic E-state index is 0.296. The molecule has 2 heterocycles. The molecule has 0 radical (unpaired) electrons. The number of hydrogen-bond acceptors (Lipinski definition) is 3. The summed E-state index contributed by atoms with van der Waals surface area (Å²) in [7, 11) is 0. The largest absolute Gasteiger partial charge is 0.366 e. The smallest absolute Gasteiger partial charge is 0.240 e. The molecule has 0 saturated heterocycles. The van der Waals surface area contributed by atoms with Crippen LogP contribution in [0.4, 0.5) is 5.95 Å². The zero-order valence-electron chi connectivity index (χ0n) is 11.5. The van der Waals surface area contributed by atoms with E-state index in [4.69, 9.17) is 5.73 Å². The number of nitrogens with two attached hydrogens (primary N) is 1. The van der Waals surface area contributed by atoms with Gasteiger partial charge in [0.15, 0.2) is 5.65 Å². The lowest BCUT2D eigenvalue weighted by molar-refractivity contribution is 0.976. The lowest BCUT2D eigenvalue weighted by Gasteiger charge is -2.04. The van der Waals surface area contributed by atoms with E-state index in [-0.39, 0.29) is 0 Å². The normalized spacial score (nSPS) is 10.1. The van der Waals surface area contributed by atoms with Gasteiger partial charge in [0.25, 0.3) is 0 Å². The first-order chi connectivity index (χ1) is 9.24. The second kappa shape index (κ2) is 5.52. The predicted octanol–water partition coefficient (Wildman–Crippen LogP) is 3.31. The third-order valence-corrected chi connectivity index (χ3v) is 2.72. The van der Waals surface area contributed by atoms with Crippen LogP contribution in [0, 0.1) is 6.92 Å². The molecule has 19 heavy (non-hydrogen) atoms. The van der Waals surface area contributed by atoms with Gasteiger partial charge in [-0.15, -0.1) is 5.10 Å². The van der Waals surface area contributed by atoms with E-state index in [1.165, 1.54) is 5.56 Å². The highest BCUT2D eigenvalue weighted by atomic mass is 15.3. The fraction of sp³-hybridized carbons (Fsp3) is 0.200. The van der Waals surface area contributed by atoms with Crippen LogP contribution in [0.3, 0.4) is 0 Å². The quantitative estimate of drug-likeness (QED) is 0.724. The van der Waals surface area contributed by atoms with Crippen LogP contribution in [-0.2, 0) is 0 Å². The molecule has 2 aromatic heterocycles. The Morgan fingerprint density at radius 1 is 1.00 bits per heavy atom. The maximum Gasteiger partial charge on any atom is 0.240 e. The summed E-state index contributed by atoms with van der Waals surface area (Å²) in [5.41, 5.74) is 9.71. The summed E-state index contributed by atoms with van der Waals surface area (Å²) >= 11 is 0. The molecular weight excluding hydrogens is 236 g/mol. The van der Waals surface area contributed by atoms with Gasteiger partial charge >= 0.3 is 0 Å². The van der Waals surface area contributed by atoms with Crippen LogP contribution in [-0.4, -0.2) is 14.6 Å². The second-order valence-corrected chi connectivity index (χ2v) is 4.02. The Kier molecular flexibility index (Phi) is 3.80. The molecule has 0 atom stereocenters. The van der Waals surface area contributed by atoms with Gasteiger partial charge in [0.2, 0.25) is 5.95 Å². The Morgan fingerprint density at radius 3 is 2.37 bits per heavy atom. The van der Waals surface area contributed by atoms with Crippen LogP contribution in [0.5, 0.6) is 0 Å². The van der Waals surface area contributed by atoms with Crippen molar-refractivity contribution in [2.24, 2.45) is 0 Å². The van der Waals surface area contributed by atoms with E-state index in [1.807, 2.05) is 32.0 Å². The lowest BCUT2D eigenvalue weighted by atomic mass is 10.1. The highest BCUT2D eigenvalue weighted by Gasteiger charge is 2.06. The number of fused-ring (bicyclic) bond motifs is 1. The fourth-order valence-electron chi connectivity index (χ4n) is 1.86. The molecule has 4 heteroatoms. The maximum atomic E-state index is 5.62. The molecule has 0 fully saturated rings. The van der Waals surface area contributed by atoms with E-state index in [0.717, 1.165) is 16.9 Å². The van der Waals surface area contributed by atoms with Gasteiger partial charge in [-0.1, -0.05) is 49.7 Å². The molecule has 0 aliphatic carbocycles. The predicted molar refractivity (Wildman–Crippen MR) is 78.9 cm³/mol. The highest BCUT2D eigenvalue weighted by Crippen LogP contribution is 2.20. The Morgan fingerprint density at radius 2 is 1.68 bits per heavy atom. The van der Waals surface area contributed by atoms with Crippen molar-refractivity contribution in [1.82, 2.24) is 14.6 Å². The third kappa shape index (κ3) is 2.57. The minimum atomic E-state index is 0.296. The van der Waals surface area contributed by atoms with Crippen LogP contribution in [0.25, 0.3) is 16.9 Å². The molecule has 0 spiro atoms. The Labute approximate surface area is 112 Å². The Balaban J connectivity index is 0.000000637. The topological polar surface area (TPSA) is 56.2 Å². The second-order valence-electron chi connectivity index (χ2n) is 4.02. The average molecular weight is 254 g/mol. The van der Waals surface area contributed by atoms with Gasteiger partial charge in [0, 0.05) is 5.56 Å². The molecule has 1 aromatic carbocycles. The molecule has 0 aliphatic heterocycles. The summed E-state index contributed by atoms with van der Waals surface area (Å²) in [4.78, 5) is 4.15. The molecule has 0 amide bonds. The first-order valence-corrected chi connectivity index (χ1v) is 6.42. The summed E-state index contributed by atoms with van der Waals surface area (Å²) in [5.74, 6) is 0.296. The monoisotopic (exact) mass is 254 g/mol. The molecule has 3 rings (SSSR count). The van der Waals surface area contributed by atoms with Gasteiger partial charge in [-0.2, -0.15) is 4.98 Å². The Bertz CT molecular complexity index is 668. The maximum absolute atomic E-state index is 5.62. The number of aryl methyl sites for hydroxylation is 1. The summed E-state index contributed by atoms with van der Waals surface area (Å²) in [6, 6.07) is 14.2. The zero-order valence-corrected chi connectivity index (χ0v) is 11.5. The number of pyridine rings is 1. The summed E-state index contributed by atoms with van der Waals surface area (Å²) < 4.78 is 1.76. The molecule has 0 aliphatic rings. The van der Waals surface area contributed by atoms with E-state index in [0.29, 0.717) is 5.95 Å². The van der Waals surface area contributed by atoms with Gasteiger partial charge in [-0.3, -0.25) is 0 Å². The number of nitrogen functional groups attached to an aromatic ring is 1. The number of anilines is 1. The summed E-state index contributed by atoms with van der Waals surface area (Å²) in [5, 5.41) is 4.20. The fourth-order valence-corrected chi connectivity index (χ4v) is 1.86. The van der Waals surface area contributed by atoms with Crippen molar-refractivity contribution in [3.8, 4) is 11.3 Å². The molecule has 0 bridgehead atoms. The van der Waals surface area contributed by atoms with Gasteiger partial charge in [-0.05, 0) is 19.1 Å². The van der Waals surface area contributed by atoms with Crippen molar-refractivity contribution in [3.63, 3.8) is 0 Å².